The molecule has 0 unspecified atom stereocenters. The molecule has 0 radical (unpaired) electrons. The number of rotatable bonds is 4. The molecule has 1 aromatic carbocycles. The maximum Gasteiger partial charge on any atom is 0.148 e. The number of nitrogens with zero attached hydrogens (tertiary/aromatic N) is 2. The quantitative estimate of drug-likeness (QED) is 0.894. The predicted octanol–water partition coefficient (Wildman–Crippen LogP) is 4.21. The monoisotopic (exact) mass is 353 g/mol. The van der Waals surface area contributed by atoms with Gasteiger partial charge in [0.1, 0.15) is 10.0 Å². The number of aryl methyl sites for hydroxylation is 1. The summed E-state index contributed by atoms with van der Waals surface area (Å²) in [6, 6.07) is 6.22. The average Bonchev–Trinajstić information content (AvgIpc) is 2.79. The zero-order valence-corrected chi connectivity index (χ0v) is 14.7. The molecule has 1 N–H and O–H groups in total. The summed E-state index contributed by atoms with van der Waals surface area (Å²) in [7, 11) is 0. The van der Waals surface area contributed by atoms with E-state index in [1.165, 1.54) is 5.56 Å². The molecule has 20 heavy (non-hydrogen) atoms. The first-order valence-corrected chi connectivity index (χ1v) is 8.31. The van der Waals surface area contributed by atoms with Gasteiger partial charge in [-0.1, -0.05) is 29.5 Å². The zero-order valence-electron chi connectivity index (χ0n) is 12.3. The number of benzene rings is 1. The van der Waals surface area contributed by atoms with Gasteiger partial charge >= 0.3 is 0 Å². The van der Waals surface area contributed by atoms with Crippen LogP contribution in [0.5, 0.6) is 0 Å². The van der Waals surface area contributed by atoms with Gasteiger partial charge < -0.3 is 5.32 Å². The molecule has 0 amide bonds. The molecule has 0 atom stereocenters. The van der Waals surface area contributed by atoms with Crippen molar-refractivity contribution in [2.75, 3.05) is 6.54 Å². The maximum absolute atomic E-state index is 4.31. The second-order valence-electron chi connectivity index (χ2n) is 5.86. The highest BCUT2D eigenvalue weighted by Gasteiger charge is 2.12. The van der Waals surface area contributed by atoms with Crippen molar-refractivity contribution in [3.8, 4) is 10.6 Å². The van der Waals surface area contributed by atoms with E-state index in [0.29, 0.717) is 0 Å². The van der Waals surface area contributed by atoms with E-state index in [1.54, 1.807) is 11.3 Å². The molecule has 2 rings (SSSR count). The number of aromatic nitrogens is 2. The molecule has 0 bridgehead atoms. The molecule has 5 heteroatoms. The third-order valence-corrected chi connectivity index (χ3v) is 4.95. The van der Waals surface area contributed by atoms with Crippen molar-refractivity contribution < 1.29 is 0 Å². The fourth-order valence-corrected chi connectivity index (χ4v) is 3.27. The summed E-state index contributed by atoms with van der Waals surface area (Å²) in [4.78, 5) is 0. The van der Waals surface area contributed by atoms with Crippen LogP contribution in [0.25, 0.3) is 10.6 Å². The normalized spacial score (nSPS) is 11.8. The number of halogens is 1. The summed E-state index contributed by atoms with van der Waals surface area (Å²) in [6.45, 7) is 9.52. The summed E-state index contributed by atoms with van der Waals surface area (Å²) in [5.74, 6) is 0. The molecular weight excluding hydrogens is 334 g/mol. The first-order valence-electron chi connectivity index (χ1n) is 6.70. The lowest BCUT2D eigenvalue weighted by molar-refractivity contribution is 0.429. The molecule has 0 saturated heterocycles. The highest BCUT2D eigenvalue weighted by Crippen LogP contribution is 2.32. The van der Waals surface area contributed by atoms with Crippen molar-refractivity contribution in [2.24, 2.45) is 0 Å². The summed E-state index contributed by atoms with van der Waals surface area (Å²) in [6.07, 6.45) is 0.915. The molecule has 0 aliphatic heterocycles. The van der Waals surface area contributed by atoms with Crippen molar-refractivity contribution in [1.82, 2.24) is 15.5 Å². The molecule has 3 nitrogen and oxygen atoms in total. The minimum Gasteiger partial charge on any atom is -0.312 e. The first-order chi connectivity index (χ1) is 9.37. The molecule has 1 aromatic heterocycles. The highest BCUT2D eigenvalue weighted by molar-refractivity contribution is 9.10. The van der Waals surface area contributed by atoms with Crippen molar-refractivity contribution in [3.63, 3.8) is 0 Å². The van der Waals surface area contributed by atoms with Gasteiger partial charge in [0.05, 0.1) is 0 Å². The van der Waals surface area contributed by atoms with E-state index in [4.69, 9.17) is 0 Å². The third kappa shape index (κ3) is 4.11. The summed E-state index contributed by atoms with van der Waals surface area (Å²) < 4.78 is 1.11. The van der Waals surface area contributed by atoms with E-state index in [0.717, 1.165) is 33.0 Å². The van der Waals surface area contributed by atoms with Gasteiger partial charge in [0, 0.05) is 28.5 Å². The largest absolute Gasteiger partial charge is 0.312 e. The Labute approximate surface area is 133 Å². The summed E-state index contributed by atoms with van der Waals surface area (Å²) in [5.41, 5.74) is 2.48. The minimum absolute atomic E-state index is 0.146. The van der Waals surface area contributed by atoms with Gasteiger partial charge in [-0.3, -0.25) is 0 Å². The van der Waals surface area contributed by atoms with Gasteiger partial charge in [0.15, 0.2) is 0 Å². The highest BCUT2D eigenvalue weighted by atomic mass is 79.9. The van der Waals surface area contributed by atoms with Crippen molar-refractivity contribution in [1.29, 1.82) is 0 Å². The van der Waals surface area contributed by atoms with E-state index in [1.807, 2.05) is 0 Å². The smallest absolute Gasteiger partial charge is 0.148 e. The van der Waals surface area contributed by atoms with Gasteiger partial charge in [-0.05, 0) is 49.2 Å². The Bertz CT molecular complexity index is 587. The minimum atomic E-state index is 0.146. The standard InChI is InChI=1S/C15H20BrN3S/c1-10-6-5-7-11(13(10)16)14-19-18-12(20-14)8-9-17-15(2,3)4/h5-7,17H,8-9H2,1-4H3. The second kappa shape index (κ2) is 6.33. The van der Waals surface area contributed by atoms with E-state index >= 15 is 0 Å². The van der Waals surface area contributed by atoms with Crippen LogP contribution in [0.2, 0.25) is 0 Å². The maximum atomic E-state index is 4.31. The Morgan fingerprint density at radius 1 is 1.25 bits per heavy atom. The molecule has 0 saturated carbocycles. The van der Waals surface area contributed by atoms with Gasteiger partial charge in [-0.2, -0.15) is 0 Å². The molecule has 1 heterocycles. The van der Waals surface area contributed by atoms with Crippen LogP contribution in [-0.4, -0.2) is 22.3 Å². The van der Waals surface area contributed by atoms with Crippen LogP contribution in [0.15, 0.2) is 22.7 Å². The van der Waals surface area contributed by atoms with Crippen LogP contribution in [0.4, 0.5) is 0 Å². The lowest BCUT2D eigenvalue weighted by atomic mass is 10.1. The predicted molar refractivity (Wildman–Crippen MR) is 89.2 cm³/mol. The van der Waals surface area contributed by atoms with E-state index in [2.05, 4.69) is 77.3 Å². The number of hydrogen-bond donors (Lipinski definition) is 1. The van der Waals surface area contributed by atoms with Crippen LogP contribution < -0.4 is 5.32 Å². The lowest BCUT2D eigenvalue weighted by Gasteiger charge is -2.19. The Kier molecular flexibility index (Phi) is 4.94. The topological polar surface area (TPSA) is 37.8 Å². The average molecular weight is 354 g/mol. The molecule has 2 aromatic rings. The van der Waals surface area contributed by atoms with Gasteiger partial charge in [0.2, 0.25) is 0 Å². The SMILES string of the molecule is Cc1cccc(-c2nnc(CCNC(C)(C)C)s2)c1Br. The molecule has 0 aliphatic carbocycles. The van der Waals surface area contributed by atoms with Gasteiger partial charge in [-0.25, -0.2) is 0 Å². The van der Waals surface area contributed by atoms with E-state index < -0.39 is 0 Å². The molecule has 0 spiro atoms. The molecular formula is C15H20BrN3S. The van der Waals surface area contributed by atoms with Crippen LogP contribution in [0, 0.1) is 6.92 Å². The Hall–Kier alpha value is -0.780. The van der Waals surface area contributed by atoms with E-state index in [-0.39, 0.29) is 5.54 Å². The Balaban J connectivity index is 2.07. The van der Waals surface area contributed by atoms with Gasteiger partial charge in [0.25, 0.3) is 0 Å². The Morgan fingerprint density at radius 2 is 2.00 bits per heavy atom. The summed E-state index contributed by atoms with van der Waals surface area (Å²) in [5, 5.41) is 14.1. The first kappa shape index (κ1) is 15.6. The second-order valence-corrected chi connectivity index (χ2v) is 7.72. The van der Waals surface area contributed by atoms with Crippen LogP contribution in [-0.2, 0) is 6.42 Å². The van der Waals surface area contributed by atoms with Crippen LogP contribution in [0.1, 0.15) is 31.3 Å². The van der Waals surface area contributed by atoms with Crippen LogP contribution >= 0.6 is 27.3 Å². The van der Waals surface area contributed by atoms with Crippen molar-refractivity contribution in [3.05, 3.63) is 33.2 Å². The molecule has 108 valence electrons. The van der Waals surface area contributed by atoms with Crippen molar-refractivity contribution >= 4 is 27.3 Å². The fourth-order valence-electron chi connectivity index (χ4n) is 1.82. The summed E-state index contributed by atoms with van der Waals surface area (Å²) >= 11 is 5.30. The van der Waals surface area contributed by atoms with E-state index in [9.17, 15) is 0 Å². The van der Waals surface area contributed by atoms with Crippen molar-refractivity contribution in [2.45, 2.75) is 39.7 Å². The Morgan fingerprint density at radius 3 is 2.70 bits per heavy atom. The third-order valence-electron chi connectivity index (χ3n) is 2.88. The fraction of sp³-hybridized carbons (Fsp3) is 0.467. The molecule has 0 fully saturated rings. The molecule has 0 aliphatic rings. The zero-order chi connectivity index (χ0) is 14.8. The van der Waals surface area contributed by atoms with Crippen LogP contribution in [0.3, 0.4) is 0 Å². The number of hydrogen-bond acceptors (Lipinski definition) is 4. The van der Waals surface area contributed by atoms with Gasteiger partial charge in [-0.15, -0.1) is 10.2 Å². The lowest BCUT2D eigenvalue weighted by Crippen LogP contribution is -2.37. The number of nitrogens with one attached hydrogen (secondary N) is 1.